The quantitative estimate of drug-likeness (QED) is 0.739. The van der Waals surface area contributed by atoms with Crippen LogP contribution in [-0.4, -0.2) is 57.3 Å². The van der Waals surface area contributed by atoms with Gasteiger partial charge in [0.05, 0.1) is 0 Å². The van der Waals surface area contributed by atoms with E-state index >= 15 is 0 Å². The molecule has 2 rings (SSSR count). The Morgan fingerprint density at radius 1 is 1.19 bits per heavy atom. The van der Waals surface area contributed by atoms with Crippen LogP contribution < -0.4 is 5.32 Å². The highest BCUT2D eigenvalue weighted by Gasteiger charge is 2.43. The van der Waals surface area contributed by atoms with Gasteiger partial charge in [-0.2, -0.15) is 17.0 Å². The van der Waals surface area contributed by atoms with Gasteiger partial charge in [-0.3, -0.25) is 0 Å². The normalized spacial score (nSPS) is 26.7. The maximum Gasteiger partial charge on any atom is 0.281 e. The van der Waals surface area contributed by atoms with Gasteiger partial charge in [0.15, 0.2) is 0 Å². The van der Waals surface area contributed by atoms with Gasteiger partial charge < -0.3 is 5.32 Å². The molecule has 2 aliphatic rings. The van der Waals surface area contributed by atoms with Gasteiger partial charge in [-0.25, -0.2) is 0 Å². The summed E-state index contributed by atoms with van der Waals surface area (Å²) in [4.78, 5) is 0. The fourth-order valence-corrected chi connectivity index (χ4v) is 3.91. The van der Waals surface area contributed by atoms with E-state index in [1.165, 1.54) is 4.31 Å². The first kappa shape index (κ1) is 12.3. The highest BCUT2D eigenvalue weighted by Crippen LogP contribution is 2.39. The molecule has 2 fully saturated rings. The Morgan fingerprint density at radius 2 is 1.81 bits per heavy atom. The van der Waals surface area contributed by atoms with E-state index in [0.29, 0.717) is 13.1 Å². The van der Waals surface area contributed by atoms with Gasteiger partial charge in [-0.05, 0) is 37.8 Å². The molecule has 16 heavy (non-hydrogen) atoms. The molecule has 2 saturated heterocycles. The van der Waals surface area contributed by atoms with Crippen molar-refractivity contribution in [2.75, 3.05) is 40.3 Å². The van der Waals surface area contributed by atoms with Crippen LogP contribution in [-0.2, 0) is 10.2 Å². The summed E-state index contributed by atoms with van der Waals surface area (Å²) in [5.74, 6) is 0. The third-order valence-electron chi connectivity index (χ3n) is 3.86. The molecule has 0 atom stereocenters. The summed E-state index contributed by atoms with van der Waals surface area (Å²) in [5, 5.41) is 3.33. The Kier molecular flexibility index (Phi) is 3.27. The number of nitrogens with zero attached hydrogens (tertiary/aromatic N) is 2. The zero-order chi connectivity index (χ0) is 11.8. The zero-order valence-electron chi connectivity index (χ0n) is 10.1. The van der Waals surface area contributed by atoms with Crippen molar-refractivity contribution in [1.29, 1.82) is 0 Å². The summed E-state index contributed by atoms with van der Waals surface area (Å²) in [6, 6.07) is 0. The lowest BCUT2D eigenvalue weighted by atomic mass is 9.78. The smallest absolute Gasteiger partial charge is 0.281 e. The van der Waals surface area contributed by atoms with Crippen molar-refractivity contribution in [1.82, 2.24) is 13.9 Å². The highest BCUT2D eigenvalue weighted by atomic mass is 32.2. The Hall–Kier alpha value is -0.170. The minimum atomic E-state index is -3.21. The van der Waals surface area contributed by atoms with E-state index in [1.54, 1.807) is 18.4 Å². The first-order chi connectivity index (χ1) is 7.46. The van der Waals surface area contributed by atoms with Crippen LogP contribution >= 0.6 is 0 Å². The molecule has 1 N–H and O–H groups in total. The predicted octanol–water partition coefficient (Wildman–Crippen LogP) is -0.132. The molecule has 0 bridgehead atoms. The molecule has 0 aliphatic carbocycles. The number of rotatable bonds is 2. The number of piperidine rings is 1. The third-order valence-corrected chi connectivity index (χ3v) is 5.74. The van der Waals surface area contributed by atoms with Crippen molar-refractivity contribution >= 4 is 10.2 Å². The van der Waals surface area contributed by atoms with Gasteiger partial charge in [-0.1, -0.05) is 0 Å². The van der Waals surface area contributed by atoms with Crippen LogP contribution in [0.15, 0.2) is 0 Å². The lowest BCUT2D eigenvalue weighted by Gasteiger charge is -2.33. The van der Waals surface area contributed by atoms with Crippen molar-refractivity contribution in [2.24, 2.45) is 5.41 Å². The third kappa shape index (κ3) is 2.11. The maximum absolute atomic E-state index is 12.0. The van der Waals surface area contributed by atoms with Crippen molar-refractivity contribution in [3.05, 3.63) is 0 Å². The van der Waals surface area contributed by atoms with E-state index in [-0.39, 0.29) is 5.41 Å². The van der Waals surface area contributed by atoms with E-state index in [4.69, 9.17) is 0 Å². The molecule has 0 aromatic rings. The summed E-state index contributed by atoms with van der Waals surface area (Å²) in [6.45, 7) is 3.43. The molecule has 0 saturated carbocycles. The molecule has 1 spiro atoms. The average molecular weight is 247 g/mol. The van der Waals surface area contributed by atoms with Gasteiger partial charge in [0, 0.05) is 27.2 Å². The van der Waals surface area contributed by atoms with Crippen molar-refractivity contribution < 1.29 is 8.42 Å². The number of hydrogen-bond acceptors (Lipinski definition) is 3. The van der Waals surface area contributed by atoms with Gasteiger partial charge >= 0.3 is 0 Å². The molecule has 6 heteroatoms. The lowest BCUT2D eigenvalue weighted by molar-refractivity contribution is 0.217. The Labute approximate surface area is 98.0 Å². The molecule has 0 radical (unpaired) electrons. The summed E-state index contributed by atoms with van der Waals surface area (Å²) in [5.41, 5.74) is 0.244. The Balaban J connectivity index is 2.08. The Bertz CT molecular complexity index is 347. The van der Waals surface area contributed by atoms with Crippen LogP contribution in [0.3, 0.4) is 0 Å². The van der Waals surface area contributed by atoms with Gasteiger partial charge in [-0.15, -0.1) is 0 Å². The van der Waals surface area contributed by atoms with E-state index in [2.05, 4.69) is 5.32 Å². The molecule has 0 aromatic carbocycles. The number of nitrogens with one attached hydrogen (secondary N) is 1. The van der Waals surface area contributed by atoms with Gasteiger partial charge in [0.2, 0.25) is 0 Å². The van der Waals surface area contributed by atoms with Crippen molar-refractivity contribution in [3.63, 3.8) is 0 Å². The summed E-state index contributed by atoms with van der Waals surface area (Å²) < 4.78 is 26.9. The molecule has 2 heterocycles. The van der Waals surface area contributed by atoms with E-state index in [9.17, 15) is 8.42 Å². The maximum atomic E-state index is 12.0. The van der Waals surface area contributed by atoms with Crippen LogP contribution in [0.25, 0.3) is 0 Å². The standard InChI is InChI=1S/C10H21N3O2S/c1-12(2)16(14,15)13-8-5-10(9-13)3-6-11-7-4-10/h11H,3-9H2,1-2H3. The second kappa shape index (κ2) is 4.25. The summed E-state index contributed by atoms with van der Waals surface area (Å²) in [7, 11) is -0.00581. The second-order valence-electron chi connectivity index (χ2n) is 5.12. The lowest BCUT2D eigenvalue weighted by Crippen LogP contribution is -2.42. The van der Waals surface area contributed by atoms with Crippen LogP contribution in [0.2, 0.25) is 0 Å². The first-order valence-corrected chi connectivity index (χ1v) is 7.24. The molecule has 0 unspecified atom stereocenters. The minimum absolute atomic E-state index is 0.244. The average Bonchev–Trinajstić information content (AvgIpc) is 2.64. The van der Waals surface area contributed by atoms with E-state index in [0.717, 1.165) is 32.4 Å². The fourth-order valence-electron chi connectivity index (χ4n) is 2.69. The Morgan fingerprint density at radius 3 is 2.38 bits per heavy atom. The van der Waals surface area contributed by atoms with E-state index in [1.807, 2.05) is 0 Å². The van der Waals surface area contributed by atoms with Crippen LogP contribution in [0, 0.1) is 5.41 Å². The first-order valence-electron chi connectivity index (χ1n) is 5.85. The SMILES string of the molecule is CN(C)S(=O)(=O)N1CCC2(CCNCC2)C1. The van der Waals surface area contributed by atoms with Gasteiger partial charge in [0.1, 0.15) is 0 Å². The molecule has 5 nitrogen and oxygen atoms in total. The van der Waals surface area contributed by atoms with E-state index < -0.39 is 10.2 Å². The van der Waals surface area contributed by atoms with Crippen LogP contribution in [0.5, 0.6) is 0 Å². The molecule has 0 amide bonds. The zero-order valence-corrected chi connectivity index (χ0v) is 10.9. The van der Waals surface area contributed by atoms with Crippen molar-refractivity contribution in [3.8, 4) is 0 Å². The second-order valence-corrected chi connectivity index (χ2v) is 7.27. The topological polar surface area (TPSA) is 52.7 Å². The number of hydrogen-bond donors (Lipinski definition) is 1. The molecule has 0 aromatic heterocycles. The largest absolute Gasteiger partial charge is 0.317 e. The molecular formula is C10H21N3O2S. The fraction of sp³-hybridized carbons (Fsp3) is 1.00. The monoisotopic (exact) mass is 247 g/mol. The molecular weight excluding hydrogens is 226 g/mol. The predicted molar refractivity (Wildman–Crippen MR) is 63.3 cm³/mol. The summed E-state index contributed by atoms with van der Waals surface area (Å²) >= 11 is 0. The summed E-state index contributed by atoms with van der Waals surface area (Å²) in [6.07, 6.45) is 3.22. The van der Waals surface area contributed by atoms with Gasteiger partial charge in [0.25, 0.3) is 10.2 Å². The molecule has 94 valence electrons. The van der Waals surface area contributed by atoms with Crippen molar-refractivity contribution in [2.45, 2.75) is 19.3 Å². The highest BCUT2D eigenvalue weighted by molar-refractivity contribution is 7.86. The molecule has 2 aliphatic heterocycles. The van der Waals surface area contributed by atoms with Crippen LogP contribution in [0.1, 0.15) is 19.3 Å². The van der Waals surface area contributed by atoms with Crippen LogP contribution in [0.4, 0.5) is 0 Å². The minimum Gasteiger partial charge on any atom is -0.317 e.